The Hall–Kier alpha value is -1.93. The monoisotopic (exact) mass is 500 g/mol. The van der Waals surface area contributed by atoms with E-state index in [1.165, 1.54) is 43.3 Å². The Morgan fingerprint density at radius 1 is 1.06 bits per heavy atom. The van der Waals surface area contributed by atoms with E-state index >= 15 is 0 Å². The lowest BCUT2D eigenvalue weighted by Crippen LogP contribution is -2.39. The van der Waals surface area contributed by atoms with Gasteiger partial charge in [0.15, 0.2) is 0 Å². The van der Waals surface area contributed by atoms with Gasteiger partial charge in [0.2, 0.25) is 5.82 Å². The minimum Gasteiger partial charge on any atom is -0.353 e. The zero-order chi connectivity index (χ0) is 23.8. The molecule has 1 heterocycles. The molecule has 0 spiro atoms. The standard InChI is InChI=1S/C23H29BrN4.2C2H6/c1-2-20-17-26-22(16-25)27-23(20)28(21-9-4-3-5-10-21)14-13-18-7-6-8-19(15-24)12-11-18;2*1-2/h7-8,11-12,17,21H,2-6,9-10,13-15H2,1H3;2*1-2H3. The number of anilines is 1. The quantitative estimate of drug-likeness (QED) is 0.359. The van der Waals surface area contributed by atoms with Crippen LogP contribution in [-0.4, -0.2) is 27.9 Å². The molecule has 5 heteroatoms. The van der Waals surface area contributed by atoms with Crippen LogP contribution in [0.3, 0.4) is 0 Å². The van der Waals surface area contributed by atoms with Crippen molar-refractivity contribution in [1.82, 2.24) is 9.97 Å². The summed E-state index contributed by atoms with van der Waals surface area (Å²) in [6.45, 7) is 11.1. The van der Waals surface area contributed by atoms with Crippen molar-refractivity contribution in [3.8, 4) is 6.07 Å². The molecule has 2 aliphatic rings. The van der Waals surface area contributed by atoms with E-state index in [1.54, 1.807) is 0 Å². The largest absolute Gasteiger partial charge is 0.353 e. The Morgan fingerprint density at radius 2 is 1.72 bits per heavy atom. The molecule has 1 fully saturated rings. The summed E-state index contributed by atoms with van der Waals surface area (Å²) in [5, 5.41) is 10.2. The molecule has 0 amide bonds. The van der Waals surface area contributed by atoms with Crippen molar-refractivity contribution in [3.63, 3.8) is 0 Å². The third-order valence-electron chi connectivity index (χ3n) is 5.68. The predicted octanol–water partition coefficient (Wildman–Crippen LogP) is 7.70. The number of hydrogen-bond acceptors (Lipinski definition) is 4. The number of hydrogen-bond donors (Lipinski definition) is 0. The molecule has 1 aromatic rings. The van der Waals surface area contributed by atoms with Crippen LogP contribution in [0.2, 0.25) is 0 Å². The Labute approximate surface area is 204 Å². The molecule has 1 saturated carbocycles. The SMILES string of the molecule is CC.CC.CCc1cnc(C#N)nc1N(CCC1=CCC=C(CBr)C=C1)C1CCCCC1. The highest BCUT2D eigenvalue weighted by Crippen LogP contribution is 2.29. The highest BCUT2D eigenvalue weighted by atomic mass is 79.9. The van der Waals surface area contributed by atoms with Crippen LogP contribution < -0.4 is 4.90 Å². The van der Waals surface area contributed by atoms with Gasteiger partial charge in [-0.05, 0) is 43.3 Å². The van der Waals surface area contributed by atoms with Crippen LogP contribution >= 0.6 is 15.9 Å². The Kier molecular flexibility index (Phi) is 14.6. The first-order chi connectivity index (χ1) is 15.7. The van der Waals surface area contributed by atoms with Gasteiger partial charge in [-0.1, -0.05) is 94.1 Å². The molecule has 0 aliphatic heterocycles. The lowest BCUT2D eigenvalue weighted by Gasteiger charge is -2.36. The molecule has 0 unspecified atom stereocenters. The van der Waals surface area contributed by atoms with Crippen molar-refractivity contribution in [3.05, 3.63) is 53.0 Å². The zero-order valence-corrected chi connectivity index (χ0v) is 22.3. The maximum absolute atomic E-state index is 9.31. The Morgan fingerprint density at radius 3 is 2.34 bits per heavy atom. The van der Waals surface area contributed by atoms with Gasteiger partial charge in [0.25, 0.3) is 0 Å². The minimum absolute atomic E-state index is 0.271. The highest BCUT2D eigenvalue weighted by Gasteiger charge is 2.24. The lowest BCUT2D eigenvalue weighted by atomic mass is 9.93. The van der Waals surface area contributed by atoms with E-state index in [0.717, 1.165) is 42.5 Å². The molecule has 0 N–H and O–H groups in total. The topological polar surface area (TPSA) is 52.8 Å². The fraction of sp³-hybridized carbons (Fsp3) is 0.593. The van der Waals surface area contributed by atoms with Crippen molar-refractivity contribution in [2.45, 2.75) is 92.0 Å². The van der Waals surface area contributed by atoms with E-state index in [0.29, 0.717) is 6.04 Å². The summed E-state index contributed by atoms with van der Waals surface area (Å²) in [5.41, 5.74) is 3.84. The second kappa shape index (κ2) is 16.7. The van der Waals surface area contributed by atoms with Crippen LogP contribution in [-0.2, 0) is 6.42 Å². The smallest absolute Gasteiger partial charge is 0.234 e. The van der Waals surface area contributed by atoms with Gasteiger partial charge < -0.3 is 4.90 Å². The van der Waals surface area contributed by atoms with Gasteiger partial charge in [-0.3, -0.25) is 0 Å². The number of nitrogens with zero attached hydrogens (tertiary/aromatic N) is 4. The number of nitriles is 1. The fourth-order valence-electron chi connectivity index (χ4n) is 4.05. The summed E-state index contributed by atoms with van der Waals surface area (Å²) in [5.74, 6) is 1.24. The molecule has 176 valence electrons. The Bertz CT molecular complexity index is 798. The average molecular weight is 502 g/mol. The highest BCUT2D eigenvalue weighted by molar-refractivity contribution is 9.09. The van der Waals surface area contributed by atoms with Crippen molar-refractivity contribution >= 4 is 21.7 Å². The van der Waals surface area contributed by atoms with Crippen molar-refractivity contribution in [2.24, 2.45) is 0 Å². The van der Waals surface area contributed by atoms with Crippen LogP contribution in [0.25, 0.3) is 0 Å². The number of halogens is 1. The van der Waals surface area contributed by atoms with Crippen LogP contribution in [0.5, 0.6) is 0 Å². The Balaban J connectivity index is 0.00000121. The normalized spacial score (nSPS) is 15.7. The fourth-order valence-corrected chi connectivity index (χ4v) is 4.47. The third-order valence-corrected chi connectivity index (χ3v) is 6.32. The minimum atomic E-state index is 0.271. The van der Waals surface area contributed by atoms with Crippen LogP contribution in [0.4, 0.5) is 5.82 Å². The van der Waals surface area contributed by atoms with Gasteiger partial charge in [-0.15, -0.1) is 0 Å². The summed E-state index contributed by atoms with van der Waals surface area (Å²) in [6, 6.07) is 2.63. The summed E-state index contributed by atoms with van der Waals surface area (Å²) in [7, 11) is 0. The number of aryl methyl sites for hydroxylation is 1. The maximum Gasteiger partial charge on any atom is 0.234 e. The third kappa shape index (κ3) is 8.54. The van der Waals surface area contributed by atoms with E-state index in [4.69, 9.17) is 0 Å². The average Bonchev–Trinajstić information content (AvgIpc) is 3.12. The van der Waals surface area contributed by atoms with E-state index in [-0.39, 0.29) is 5.82 Å². The molecule has 32 heavy (non-hydrogen) atoms. The molecular weight excluding hydrogens is 460 g/mol. The van der Waals surface area contributed by atoms with Crippen LogP contribution in [0, 0.1) is 11.3 Å². The molecule has 0 aromatic carbocycles. The van der Waals surface area contributed by atoms with Gasteiger partial charge >= 0.3 is 0 Å². The molecule has 0 radical (unpaired) electrons. The maximum atomic E-state index is 9.31. The predicted molar refractivity (Wildman–Crippen MR) is 141 cm³/mol. The zero-order valence-electron chi connectivity index (χ0n) is 20.7. The number of allylic oxidation sites excluding steroid dienone is 5. The molecular formula is C27H41BrN4. The van der Waals surface area contributed by atoms with E-state index in [2.05, 4.69) is 68.1 Å². The molecule has 3 rings (SSSR count). The molecule has 4 nitrogen and oxygen atoms in total. The second-order valence-corrected chi connectivity index (χ2v) is 8.06. The van der Waals surface area contributed by atoms with Gasteiger partial charge in [-0.25, -0.2) is 9.97 Å². The van der Waals surface area contributed by atoms with Crippen molar-refractivity contribution in [2.75, 3.05) is 16.8 Å². The first kappa shape index (κ1) is 28.1. The van der Waals surface area contributed by atoms with Crippen LogP contribution in [0.15, 0.2) is 41.6 Å². The summed E-state index contributed by atoms with van der Waals surface area (Å²) < 4.78 is 0. The number of aromatic nitrogens is 2. The molecule has 0 saturated heterocycles. The van der Waals surface area contributed by atoms with Gasteiger partial charge in [0, 0.05) is 29.7 Å². The van der Waals surface area contributed by atoms with Gasteiger partial charge in [-0.2, -0.15) is 5.26 Å². The molecule has 1 aromatic heterocycles. The second-order valence-electron chi connectivity index (χ2n) is 7.50. The van der Waals surface area contributed by atoms with E-state index < -0.39 is 0 Å². The number of alkyl halides is 1. The first-order valence-corrected chi connectivity index (χ1v) is 13.5. The molecule has 0 atom stereocenters. The van der Waals surface area contributed by atoms with E-state index in [1.807, 2.05) is 33.9 Å². The van der Waals surface area contributed by atoms with Crippen molar-refractivity contribution < 1.29 is 0 Å². The number of rotatable bonds is 7. The summed E-state index contributed by atoms with van der Waals surface area (Å²) in [4.78, 5) is 11.3. The van der Waals surface area contributed by atoms with E-state index in [9.17, 15) is 5.26 Å². The lowest BCUT2D eigenvalue weighted by molar-refractivity contribution is 0.412. The summed E-state index contributed by atoms with van der Waals surface area (Å²) in [6.07, 6.45) is 20.1. The molecule has 0 bridgehead atoms. The van der Waals surface area contributed by atoms with Crippen LogP contribution in [0.1, 0.15) is 91.0 Å². The first-order valence-electron chi connectivity index (χ1n) is 12.4. The van der Waals surface area contributed by atoms with Gasteiger partial charge in [0.05, 0.1) is 0 Å². The summed E-state index contributed by atoms with van der Waals surface area (Å²) >= 11 is 3.55. The van der Waals surface area contributed by atoms with Gasteiger partial charge in [0.1, 0.15) is 11.9 Å². The van der Waals surface area contributed by atoms with Crippen molar-refractivity contribution in [1.29, 1.82) is 5.26 Å². The molecule has 2 aliphatic carbocycles.